The maximum Gasteiger partial charge on any atom is 0.336 e. The summed E-state index contributed by atoms with van der Waals surface area (Å²) < 4.78 is 28.0. The van der Waals surface area contributed by atoms with Gasteiger partial charge in [0.05, 0.1) is 11.8 Å². The highest BCUT2D eigenvalue weighted by molar-refractivity contribution is 7.14. The SMILES string of the molecule is Cc1cccc(-c2nc(N(/N=C/c3ccc(F)cc3C(=O)O)C(C)C)sc2F)c1. The minimum absolute atomic E-state index is 0.170. The van der Waals surface area contributed by atoms with Crippen LogP contribution in [-0.2, 0) is 0 Å². The molecule has 1 aromatic heterocycles. The number of hydrazone groups is 1. The Morgan fingerprint density at radius 3 is 2.66 bits per heavy atom. The van der Waals surface area contributed by atoms with E-state index in [0.29, 0.717) is 10.7 Å². The molecule has 3 aromatic rings. The molecule has 0 saturated carbocycles. The van der Waals surface area contributed by atoms with Gasteiger partial charge in [-0.25, -0.2) is 19.2 Å². The second kappa shape index (κ2) is 8.48. The summed E-state index contributed by atoms with van der Waals surface area (Å²) in [6, 6.07) is 10.6. The number of carboxylic acid groups (broad SMARTS) is 1. The zero-order chi connectivity index (χ0) is 21.1. The normalized spacial score (nSPS) is 11.4. The number of halogens is 2. The van der Waals surface area contributed by atoms with E-state index in [0.717, 1.165) is 29.0 Å². The summed E-state index contributed by atoms with van der Waals surface area (Å²) in [5, 5.41) is 15.0. The minimum Gasteiger partial charge on any atom is -0.478 e. The van der Waals surface area contributed by atoms with E-state index in [4.69, 9.17) is 0 Å². The zero-order valence-corrected chi connectivity index (χ0v) is 16.9. The number of carbonyl (C=O) groups is 1. The van der Waals surface area contributed by atoms with Crippen LogP contribution in [0, 0.1) is 17.9 Å². The first kappa shape index (κ1) is 20.6. The highest BCUT2D eigenvalue weighted by Crippen LogP contribution is 2.33. The van der Waals surface area contributed by atoms with Crippen molar-refractivity contribution in [3.63, 3.8) is 0 Å². The first-order chi connectivity index (χ1) is 13.8. The van der Waals surface area contributed by atoms with Gasteiger partial charge in [0, 0.05) is 17.2 Å². The van der Waals surface area contributed by atoms with Gasteiger partial charge < -0.3 is 5.11 Å². The molecule has 1 N–H and O–H groups in total. The van der Waals surface area contributed by atoms with Gasteiger partial charge in [0.1, 0.15) is 11.5 Å². The van der Waals surface area contributed by atoms with E-state index in [2.05, 4.69) is 10.1 Å². The Bertz CT molecular complexity index is 1080. The molecule has 2 aromatic carbocycles. The topological polar surface area (TPSA) is 65.8 Å². The van der Waals surface area contributed by atoms with Crippen molar-refractivity contribution in [2.24, 2.45) is 5.10 Å². The Morgan fingerprint density at radius 2 is 2.00 bits per heavy atom. The number of hydrogen-bond donors (Lipinski definition) is 1. The van der Waals surface area contributed by atoms with Crippen LogP contribution in [0.2, 0.25) is 0 Å². The number of hydrogen-bond acceptors (Lipinski definition) is 5. The van der Waals surface area contributed by atoms with Gasteiger partial charge in [0.25, 0.3) is 0 Å². The number of nitrogens with zero attached hydrogens (tertiary/aromatic N) is 3. The molecule has 0 atom stereocenters. The Morgan fingerprint density at radius 1 is 1.24 bits per heavy atom. The maximum absolute atomic E-state index is 14.6. The second-order valence-electron chi connectivity index (χ2n) is 6.71. The lowest BCUT2D eigenvalue weighted by molar-refractivity contribution is 0.0696. The van der Waals surface area contributed by atoms with Crippen LogP contribution in [0.25, 0.3) is 11.3 Å². The van der Waals surface area contributed by atoms with Crippen molar-refractivity contribution >= 4 is 28.7 Å². The molecule has 0 amide bonds. The molecule has 3 rings (SSSR count). The number of carboxylic acids is 1. The van der Waals surface area contributed by atoms with Crippen molar-refractivity contribution in [1.82, 2.24) is 4.98 Å². The van der Waals surface area contributed by atoms with Crippen LogP contribution in [0.15, 0.2) is 47.6 Å². The van der Waals surface area contributed by atoms with Crippen LogP contribution < -0.4 is 5.01 Å². The lowest BCUT2D eigenvalue weighted by atomic mass is 10.1. The van der Waals surface area contributed by atoms with Crippen molar-refractivity contribution in [3.8, 4) is 11.3 Å². The molecule has 150 valence electrons. The Labute approximate surface area is 171 Å². The number of benzene rings is 2. The standard InChI is InChI=1S/C21H19F2N3O2S/c1-12(2)26(24-11-15-7-8-16(22)10-17(15)20(27)28)21-25-18(19(23)29-21)14-6-4-5-13(3)9-14/h4-12H,1-3H3,(H,27,28)/b24-11+. The number of thiazole rings is 1. The third-order valence-electron chi connectivity index (χ3n) is 4.12. The summed E-state index contributed by atoms with van der Waals surface area (Å²) in [6.45, 7) is 5.62. The third kappa shape index (κ3) is 4.65. The van der Waals surface area contributed by atoms with Crippen LogP contribution in [0.1, 0.15) is 35.3 Å². The van der Waals surface area contributed by atoms with E-state index in [1.165, 1.54) is 17.3 Å². The average molecular weight is 415 g/mol. The molecule has 5 nitrogen and oxygen atoms in total. The molecule has 8 heteroatoms. The van der Waals surface area contributed by atoms with E-state index < -0.39 is 16.9 Å². The van der Waals surface area contributed by atoms with Crippen LogP contribution in [0.3, 0.4) is 0 Å². The molecule has 0 bridgehead atoms. The summed E-state index contributed by atoms with van der Waals surface area (Å²) in [6.07, 6.45) is 1.31. The van der Waals surface area contributed by atoms with Gasteiger partial charge in [-0.3, -0.25) is 0 Å². The number of aryl methyl sites for hydroxylation is 1. The van der Waals surface area contributed by atoms with Crippen molar-refractivity contribution in [2.75, 3.05) is 5.01 Å². The molecule has 0 saturated heterocycles. The molecule has 1 heterocycles. The maximum atomic E-state index is 14.6. The summed E-state index contributed by atoms with van der Waals surface area (Å²) >= 11 is 0.858. The first-order valence-electron chi connectivity index (χ1n) is 8.85. The summed E-state index contributed by atoms with van der Waals surface area (Å²) in [5.41, 5.74) is 1.93. The van der Waals surface area contributed by atoms with E-state index >= 15 is 0 Å². The van der Waals surface area contributed by atoms with E-state index in [-0.39, 0.29) is 22.9 Å². The lowest BCUT2D eigenvalue weighted by Crippen LogP contribution is -2.25. The Kier molecular flexibility index (Phi) is 6.03. The lowest BCUT2D eigenvalue weighted by Gasteiger charge is -2.19. The van der Waals surface area contributed by atoms with Gasteiger partial charge in [0.2, 0.25) is 10.3 Å². The molecule has 0 spiro atoms. The molecule has 0 aliphatic heterocycles. The molecular formula is C21H19F2N3O2S. The Hall–Kier alpha value is -3.13. The van der Waals surface area contributed by atoms with E-state index in [1.807, 2.05) is 39.0 Å². The van der Waals surface area contributed by atoms with Crippen molar-refractivity contribution < 1.29 is 18.7 Å². The molecule has 0 fully saturated rings. The van der Waals surface area contributed by atoms with Crippen LogP contribution in [0.4, 0.5) is 13.9 Å². The fourth-order valence-corrected chi connectivity index (χ4v) is 3.62. The summed E-state index contributed by atoms with van der Waals surface area (Å²) in [4.78, 5) is 15.8. The minimum atomic E-state index is -1.26. The third-order valence-corrected chi connectivity index (χ3v) is 4.95. The quantitative estimate of drug-likeness (QED) is 0.436. The fraction of sp³-hybridized carbons (Fsp3) is 0.190. The van der Waals surface area contributed by atoms with Crippen molar-refractivity contribution in [3.05, 3.63) is 70.1 Å². The van der Waals surface area contributed by atoms with Crippen LogP contribution in [-0.4, -0.2) is 28.3 Å². The van der Waals surface area contributed by atoms with E-state index in [9.17, 15) is 18.7 Å². The smallest absolute Gasteiger partial charge is 0.336 e. The van der Waals surface area contributed by atoms with E-state index in [1.54, 1.807) is 6.07 Å². The van der Waals surface area contributed by atoms with Gasteiger partial charge in [-0.2, -0.15) is 9.49 Å². The average Bonchev–Trinajstić information content (AvgIpc) is 3.04. The number of rotatable bonds is 6. The van der Waals surface area contributed by atoms with Gasteiger partial charge in [0.15, 0.2) is 0 Å². The Balaban J connectivity index is 1.97. The highest BCUT2D eigenvalue weighted by Gasteiger charge is 2.20. The predicted molar refractivity (Wildman–Crippen MR) is 111 cm³/mol. The molecule has 0 unspecified atom stereocenters. The van der Waals surface area contributed by atoms with Crippen molar-refractivity contribution in [1.29, 1.82) is 0 Å². The summed E-state index contributed by atoms with van der Waals surface area (Å²) in [7, 11) is 0. The molecule has 0 radical (unpaired) electrons. The van der Waals surface area contributed by atoms with Gasteiger partial charge >= 0.3 is 5.97 Å². The monoisotopic (exact) mass is 415 g/mol. The second-order valence-corrected chi connectivity index (χ2v) is 7.64. The number of anilines is 1. The number of aromatic carboxylic acids is 1. The highest BCUT2D eigenvalue weighted by atomic mass is 32.1. The fourth-order valence-electron chi connectivity index (χ4n) is 2.71. The summed E-state index contributed by atoms with van der Waals surface area (Å²) in [5.74, 6) is -1.91. The number of aromatic nitrogens is 1. The predicted octanol–water partition coefficient (Wildman–Crippen LogP) is 5.34. The molecule has 0 aliphatic carbocycles. The van der Waals surface area contributed by atoms with Gasteiger partial charge in [-0.1, -0.05) is 35.1 Å². The van der Waals surface area contributed by atoms with Crippen LogP contribution in [0.5, 0.6) is 0 Å². The molecular weight excluding hydrogens is 396 g/mol. The van der Waals surface area contributed by atoms with Crippen LogP contribution >= 0.6 is 11.3 Å². The van der Waals surface area contributed by atoms with Crippen molar-refractivity contribution in [2.45, 2.75) is 26.8 Å². The molecule has 0 aliphatic rings. The first-order valence-corrected chi connectivity index (χ1v) is 9.67. The van der Waals surface area contributed by atoms with Gasteiger partial charge in [-0.05, 0) is 45.0 Å². The molecule has 29 heavy (non-hydrogen) atoms. The largest absolute Gasteiger partial charge is 0.478 e. The zero-order valence-electron chi connectivity index (χ0n) is 16.1. The van der Waals surface area contributed by atoms with Gasteiger partial charge in [-0.15, -0.1) is 0 Å².